The monoisotopic (exact) mass is 307 g/mol. The number of ether oxygens (including phenoxy) is 1. The molecule has 0 spiro atoms. The lowest BCUT2D eigenvalue weighted by atomic mass is 10.3. The van der Waals surface area contributed by atoms with Crippen LogP contribution in [0.1, 0.15) is 5.82 Å². The molecule has 0 aliphatic heterocycles. The SMILES string of the molecule is CNCCc1ncc(Oc2ccc(Br)cc2)cn1. The van der Waals surface area contributed by atoms with Crippen LogP contribution in [-0.2, 0) is 6.42 Å². The van der Waals surface area contributed by atoms with Crippen molar-refractivity contribution in [3.8, 4) is 11.5 Å². The van der Waals surface area contributed by atoms with Gasteiger partial charge in [0, 0.05) is 17.4 Å². The Morgan fingerprint density at radius 3 is 2.39 bits per heavy atom. The van der Waals surface area contributed by atoms with Gasteiger partial charge in [-0.15, -0.1) is 0 Å². The maximum Gasteiger partial charge on any atom is 0.164 e. The summed E-state index contributed by atoms with van der Waals surface area (Å²) in [5.41, 5.74) is 0. The van der Waals surface area contributed by atoms with E-state index >= 15 is 0 Å². The normalized spacial score (nSPS) is 10.3. The minimum absolute atomic E-state index is 0.644. The number of halogens is 1. The van der Waals surface area contributed by atoms with Gasteiger partial charge in [0.15, 0.2) is 5.75 Å². The van der Waals surface area contributed by atoms with E-state index in [0.717, 1.165) is 29.0 Å². The molecule has 18 heavy (non-hydrogen) atoms. The van der Waals surface area contributed by atoms with E-state index in [-0.39, 0.29) is 0 Å². The predicted molar refractivity (Wildman–Crippen MR) is 73.9 cm³/mol. The van der Waals surface area contributed by atoms with Crippen molar-refractivity contribution in [3.63, 3.8) is 0 Å². The molecule has 1 aromatic carbocycles. The van der Waals surface area contributed by atoms with Crippen molar-refractivity contribution in [2.45, 2.75) is 6.42 Å². The Labute approximate surface area is 115 Å². The number of rotatable bonds is 5. The highest BCUT2D eigenvalue weighted by Crippen LogP contribution is 2.21. The fourth-order valence-corrected chi connectivity index (χ4v) is 1.66. The van der Waals surface area contributed by atoms with E-state index in [1.807, 2.05) is 31.3 Å². The highest BCUT2D eigenvalue weighted by atomic mass is 79.9. The molecule has 0 saturated heterocycles. The standard InChI is InChI=1S/C13H14BrN3O/c1-15-7-6-13-16-8-12(9-17-13)18-11-4-2-10(14)3-5-11/h2-5,8-9,15H,6-7H2,1H3. The van der Waals surface area contributed by atoms with E-state index < -0.39 is 0 Å². The summed E-state index contributed by atoms with van der Waals surface area (Å²) in [4.78, 5) is 8.49. The lowest BCUT2D eigenvalue weighted by Gasteiger charge is -2.05. The number of hydrogen-bond acceptors (Lipinski definition) is 4. The molecule has 0 bridgehead atoms. The van der Waals surface area contributed by atoms with Gasteiger partial charge in [0.1, 0.15) is 11.6 Å². The fourth-order valence-electron chi connectivity index (χ4n) is 1.40. The molecule has 2 aromatic rings. The van der Waals surface area contributed by atoms with Crippen LogP contribution in [0.25, 0.3) is 0 Å². The maximum atomic E-state index is 5.63. The third-order valence-electron chi connectivity index (χ3n) is 2.33. The molecule has 2 rings (SSSR count). The largest absolute Gasteiger partial charge is 0.454 e. The Balaban J connectivity index is 1.99. The van der Waals surface area contributed by atoms with Crippen LogP contribution in [0, 0.1) is 0 Å². The molecule has 94 valence electrons. The molecular formula is C13H14BrN3O. The minimum atomic E-state index is 0.644. The lowest BCUT2D eigenvalue weighted by Crippen LogP contribution is -2.12. The van der Waals surface area contributed by atoms with Crippen molar-refractivity contribution in [2.75, 3.05) is 13.6 Å². The third-order valence-corrected chi connectivity index (χ3v) is 2.86. The van der Waals surface area contributed by atoms with Crippen molar-refractivity contribution in [2.24, 2.45) is 0 Å². The van der Waals surface area contributed by atoms with Gasteiger partial charge in [0.05, 0.1) is 12.4 Å². The molecule has 1 N–H and O–H groups in total. The summed E-state index contributed by atoms with van der Waals surface area (Å²) in [6.07, 6.45) is 4.20. The Morgan fingerprint density at radius 1 is 1.11 bits per heavy atom. The number of nitrogens with one attached hydrogen (secondary N) is 1. The van der Waals surface area contributed by atoms with Crippen LogP contribution < -0.4 is 10.1 Å². The molecule has 0 fully saturated rings. The van der Waals surface area contributed by atoms with Gasteiger partial charge >= 0.3 is 0 Å². The van der Waals surface area contributed by atoms with Gasteiger partial charge in [-0.1, -0.05) is 15.9 Å². The van der Waals surface area contributed by atoms with Crippen molar-refractivity contribution in [3.05, 3.63) is 47.0 Å². The Morgan fingerprint density at radius 2 is 1.78 bits per heavy atom. The van der Waals surface area contributed by atoms with Gasteiger partial charge in [0.2, 0.25) is 0 Å². The zero-order valence-corrected chi connectivity index (χ0v) is 11.6. The van der Waals surface area contributed by atoms with E-state index in [2.05, 4.69) is 31.2 Å². The second kappa shape index (κ2) is 6.47. The van der Waals surface area contributed by atoms with Gasteiger partial charge in [-0.3, -0.25) is 0 Å². The number of benzene rings is 1. The summed E-state index contributed by atoms with van der Waals surface area (Å²) < 4.78 is 6.65. The van der Waals surface area contributed by atoms with Crippen LogP contribution in [0.5, 0.6) is 11.5 Å². The summed E-state index contributed by atoms with van der Waals surface area (Å²) in [5.74, 6) is 2.22. The molecule has 0 aliphatic rings. The van der Waals surface area contributed by atoms with Crippen molar-refractivity contribution in [1.29, 1.82) is 0 Å². The van der Waals surface area contributed by atoms with Crippen LogP contribution in [0.4, 0.5) is 0 Å². The maximum absolute atomic E-state index is 5.63. The summed E-state index contributed by atoms with van der Waals surface area (Å²) in [6, 6.07) is 7.63. The first-order valence-electron chi connectivity index (χ1n) is 5.67. The summed E-state index contributed by atoms with van der Waals surface area (Å²) in [6.45, 7) is 0.868. The van der Waals surface area contributed by atoms with Gasteiger partial charge in [-0.05, 0) is 31.3 Å². The van der Waals surface area contributed by atoms with Crippen LogP contribution in [0.2, 0.25) is 0 Å². The second-order valence-corrected chi connectivity index (χ2v) is 4.66. The second-order valence-electron chi connectivity index (χ2n) is 3.74. The van der Waals surface area contributed by atoms with Crippen LogP contribution in [-0.4, -0.2) is 23.6 Å². The molecule has 0 aliphatic carbocycles. The smallest absolute Gasteiger partial charge is 0.164 e. The van der Waals surface area contributed by atoms with Crippen LogP contribution >= 0.6 is 15.9 Å². The highest BCUT2D eigenvalue weighted by Gasteiger charge is 2.00. The molecule has 1 aromatic heterocycles. The van der Waals surface area contributed by atoms with Crippen molar-refractivity contribution in [1.82, 2.24) is 15.3 Å². The minimum Gasteiger partial charge on any atom is -0.454 e. The zero-order valence-electron chi connectivity index (χ0n) is 10.1. The van der Waals surface area contributed by atoms with Gasteiger partial charge < -0.3 is 10.1 Å². The van der Waals surface area contributed by atoms with E-state index in [4.69, 9.17) is 4.74 Å². The predicted octanol–water partition coefficient (Wildman–Crippen LogP) is 2.79. The third kappa shape index (κ3) is 3.78. The van der Waals surface area contributed by atoms with Crippen LogP contribution in [0.15, 0.2) is 41.1 Å². The van der Waals surface area contributed by atoms with Gasteiger partial charge in [-0.25, -0.2) is 9.97 Å². The summed E-state index contributed by atoms with van der Waals surface area (Å²) in [5, 5.41) is 3.06. The fraction of sp³-hybridized carbons (Fsp3) is 0.231. The first-order valence-corrected chi connectivity index (χ1v) is 6.46. The molecule has 1 heterocycles. The molecule has 5 heteroatoms. The van der Waals surface area contributed by atoms with Crippen LogP contribution in [0.3, 0.4) is 0 Å². The average molecular weight is 308 g/mol. The van der Waals surface area contributed by atoms with Crippen molar-refractivity contribution >= 4 is 15.9 Å². The number of likely N-dealkylation sites (N-methyl/N-ethyl adjacent to an activating group) is 1. The number of aromatic nitrogens is 2. The highest BCUT2D eigenvalue weighted by molar-refractivity contribution is 9.10. The number of nitrogens with zero attached hydrogens (tertiary/aromatic N) is 2. The topological polar surface area (TPSA) is 47.0 Å². The van der Waals surface area contributed by atoms with E-state index in [1.165, 1.54) is 0 Å². The molecular weight excluding hydrogens is 294 g/mol. The van der Waals surface area contributed by atoms with E-state index in [9.17, 15) is 0 Å². The summed E-state index contributed by atoms with van der Waals surface area (Å²) in [7, 11) is 1.91. The molecule has 0 radical (unpaired) electrons. The first-order chi connectivity index (χ1) is 8.78. The van der Waals surface area contributed by atoms with Gasteiger partial charge in [0.25, 0.3) is 0 Å². The Hall–Kier alpha value is -1.46. The zero-order chi connectivity index (χ0) is 12.8. The Kier molecular flexibility index (Phi) is 4.66. The van der Waals surface area contributed by atoms with E-state index in [0.29, 0.717) is 5.75 Å². The molecule has 0 amide bonds. The molecule has 0 unspecified atom stereocenters. The number of hydrogen-bond donors (Lipinski definition) is 1. The molecule has 4 nitrogen and oxygen atoms in total. The molecule has 0 atom stereocenters. The Bertz CT molecular complexity index is 485. The summed E-state index contributed by atoms with van der Waals surface area (Å²) >= 11 is 3.38. The lowest BCUT2D eigenvalue weighted by molar-refractivity contribution is 0.476. The van der Waals surface area contributed by atoms with E-state index in [1.54, 1.807) is 12.4 Å². The van der Waals surface area contributed by atoms with Gasteiger partial charge in [-0.2, -0.15) is 0 Å². The average Bonchev–Trinajstić information content (AvgIpc) is 2.41. The first kappa shape index (κ1) is 13.0. The van der Waals surface area contributed by atoms with Crippen molar-refractivity contribution < 1.29 is 4.74 Å². The quantitative estimate of drug-likeness (QED) is 0.922. The molecule has 0 saturated carbocycles.